The van der Waals surface area contributed by atoms with Crippen molar-refractivity contribution in [1.82, 2.24) is 16.0 Å². The van der Waals surface area contributed by atoms with E-state index in [0.29, 0.717) is 29.8 Å². The van der Waals surface area contributed by atoms with E-state index in [1.165, 1.54) is 0 Å². The minimum Gasteiger partial charge on any atom is -0.444 e. The maximum Gasteiger partial charge on any atom is 0.407 e. The van der Waals surface area contributed by atoms with Crippen LogP contribution in [-0.2, 0) is 11.3 Å². The average Bonchev–Trinajstić information content (AvgIpc) is 2.43. The number of carbonyl (C=O) groups is 1. The molecule has 1 rings (SSSR count). The van der Waals surface area contributed by atoms with Gasteiger partial charge in [-0.3, -0.25) is 0 Å². The second kappa shape index (κ2) is 9.98. The summed E-state index contributed by atoms with van der Waals surface area (Å²) in [4.78, 5) is 11.4. The predicted octanol–water partition coefficient (Wildman–Crippen LogP) is 3.54. The Morgan fingerprint density at radius 1 is 1.13 bits per heavy atom. The first-order valence-electron chi connectivity index (χ1n) is 7.60. The lowest BCUT2D eigenvalue weighted by molar-refractivity contribution is 0.0527. The Labute approximate surface area is 148 Å². The van der Waals surface area contributed by atoms with Gasteiger partial charge in [0.1, 0.15) is 5.60 Å². The molecule has 0 aliphatic carbocycles. The van der Waals surface area contributed by atoms with Crippen molar-refractivity contribution in [3.63, 3.8) is 0 Å². The molecular weight excluding hydrogens is 337 g/mol. The van der Waals surface area contributed by atoms with E-state index in [-0.39, 0.29) is 6.09 Å². The fourth-order valence-corrected chi connectivity index (χ4v) is 2.07. The number of benzene rings is 1. The molecule has 1 aromatic rings. The van der Waals surface area contributed by atoms with E-state index in [9.17, 15) is 4.79 Å². The topological polar surface area (TPSA) is 62.4 Å². The second-order valence-corrected chi connectivity index (χ2v) is 6.95. The van der Waals surface area contributed by atoms with E-state index < -0.39 is 5.60 Å². The Balaban J connectivity index is 2.01. The van der Waals surface area contributed by atoms with E-state index in [2.05, 4.69) is 16.0 Å². The van der Waals surface area contributed by atoms with E-state index in [0.717, 1.165) is 18.5 Å². The first-order valence-corrected chi connectivity index (χ1v) is 8.36. The Kier molecular flexibility index (Phi) is 8.69. The number of carbonyl (C=O) groups excluding carboxylic acids is 1. The van der Waals surface area contributed by atoms with Crippen molar-refractivity contribution in [2.75, 3.05) is 19.8 Å². The third kappa shape index (κ3) is 9.66. The summed E-state index contributed by atoms with van der Waals surface area (Å²) in [6.45, 7) is 8.28. The third-order valence-electron chi connectivity index (χ3n) is 2.76. The molecule has 0 heterocycles. The van der Waals surface area contributed by atoms with Gasteiger partial charge in [0.05, 0.1) is 10.0 Å². The van der Waals surface area contributed by atoms with Crippen LogP contribution in [0.4, 0.5) is 4.79 Å². The van der Waals surface area contributed by atoms with Crippen molar-refractivity contribution in [1.29, 1.82) is 0 Å². The van der Waals surface area contributed by atoms with Crippen LogP contribution in [0.1, 0.15) is 32.8 Å². The number of rotatable bonds is 8. The lowest BCUT2D eigenvalue weighted by Crippen LogP contribution is -2.35. The van der Waals surface area contributed by atoms with Crippen molar-refractivity contribution in [2.24, 2.45) is 0 Å². The lowest BCUT2D eigenvalue weighted by Gasteiger charge is -2.19. The Morgan fingerprint density at radius 2 is 1.87 bits per heavy atom. The lowest BCUT2D eigenvalue weighted by atomic mass is 10.2. The SMILES string of the molecule is CC(C)(C)OC(=O)NCCCNCNCc1ccc(Cl)c(Cl)c1. The van der Waals surface area contributed by atoms with Crippen LogP contribution >= 0.6 is 23.2 Å². The molecule has 0 aliphatic rings. The monoisotopic (exact) mass is 361 g/mol. The molecule has 130 valence electrons. The van der Waals surface area contributed by atoms with Crippen LogP contribution in [0.2, 0.25) is 10.0 Å². The van der Waals surface area contributed by atoms with Crippen molar-refractivity contribution in [3.8, 4) is 0 Å². The molecule has 0 atom stereocenters. The van der Waals surface area contributed by atoms with Gasteiger partial charge in [0.25, 0.3) is 0 Å². The van der Waals surface area contributed by atoms with E-state index in [4.69, 9.17) is 27.9 Å². The van der Waals surface area contributed by atoms with Crippen LogP contribution in [0, 0.1) is 0 Å². The molecule has 0 aromatic heterocycles. The van der Waals surface area contributed by atoms with Crippen LogP contribution in [0.15, 0.2) is 18.2 Å². The molecule has 0 aliphatic heterocycles. The number of amides is 1. The normalized spacial score (nSPS) is 11.3. The van der Waals surface area contributed by atoms with Gasteiger partial charge in [0, 0.05) is 19.8 Å². The quantitative estimate of drug-likeness (QED) is 0.489. The summed E-state index contributed by atoms with van der Waals surface area (Å²) < 4.78 is 5.15. The molecule has 0 unspecified atom stereocenters. The number of nitrogens with one attached hydrogen (secondary N) is 3. The molecule has 0 bridgehead atoms. The van der Waals surface area contributed by atoms with Gasteiger partial charge in [0.2, 0.25) is 0 Å². The van der Waals surface area contributed by atoms with Crippen molar-refractivity contribution < 1.29 is 9.53 Å². The summed E-state index contributed by atoms with van der Waals surface area (Å²) in [7, 11) is 0. The van der Waals surface area contributed by atoms with Gasteiger partial charge in [-0.05, 0) is 51.4 Å². The molecule has 7 heteroatoms. The fourth-order valence-electron chi connectivity index (χ4n) is 1.75. The fraction of sp³-hybridized carbons (Fsp3) is 0.562. The summed E-state index contributed by atoms with van der Waals surface area (Å²) in [6.07, 6.45) is 0.448. The van der Waals surface area contributed by atoms with Crippen LogP contribution in [-0.4, -0.2) is 31.5 Å². The molecule has 1 amide bonds. The van der Waals surface area contributed by atoms with Crippen LogP contribution in [0.3, 0.4) is 0 Å². The highest BCUT2D eigenvalue weighted by atomic mass is 35.5. The maximum absolute atomic E-state index is 11.4. The zero-order valence-electron chi connectivity index (χ0n) is 13.8. The summed E-state index contributed by atoms with van der Waals surface area (Å²) in [5, 5.41) is 10.3. The first-order chi connectivity index (χ1) is 10.8. The number of alkyl carbamates (subject to hydrolysis) is 1. The van der Waals surface area contributed by atoms with Gasteiger partial charge in [0.15, 0.2) is 0 Å². The molecule has 1 aromatic carbocycles. The van der Waals surface area contributed by atoms with Gasteiger partial charge in [-0.1, -0.05) is 29.3 Å². The van der Waals surface area contributed by atoms with Crippen molar-refractivity contribution in [2.45, 2.75) is 39.3 Å². The van der Waals surface area contributed by atoms with Crippen LogP contribution in [0.25, 0.3) is 0 Å². The summed E-state index contributed by atoms with van der Waals surface area (Å²) in [5.74, 6) is 0. The van der Waals surface area contributed by atoms with Crippen molar-refractivity contribution in [3.05, 3.63) is 33.8 Å². The van der Waals surface area contributed by atoms with Gasteiger partial charge in [-0.2, -0.15) is 0 Å². The van der Waals surface area contributed by atoms with Crippen LogP contribution < -0.4 is 16.0 Å². The van der Waals surface area contributed by atoms with Crippen molar-refractivity contribution >= 4 is 29.3 Å². The molecule has 23 heavy (non-hydrogen) atoms. The van der Waals surface area contributed by atoms with Crippen LogP contribution in [0.5, 0.6) is 0 Å². The molecule has 5 nitrogen and oxygen atoms in total. The zero-order chi connectivity index (χ0) is 17.3. The van der Waals surface area contributed by atoms with Gasteiger partial charge in [-0.25, -0.2) is 4.79 Å². The average molecular weight is 362 g/mol. The standard InChI is InChI=1S/C16H25Cl2N3O2/c1-16(2,3)23-15(22)21-8-4-7-19-11-20-10-12-5-6-13(17)14(18)9-12/h5-6,9,19-20H,4,7-8,10-11H2,1-3H3,(H,21,22). The second-order valence-electron chi connectivity index (χ2n) is 6.13. The van der Waals surface area contributed by atoms with Gasteiger partial charge in [-0.15, -0.1) is 0 Å². The molecule has 0 saturated carbocycles. The predicted molar refractivity (Wildman–Crippen MR) is 95.0 cm³/mol. The van der Waals surface area contributed by atoms with E-state index >= 15 is 0 Å². The van der Waals surface area contributed by atoms with E-state index in [1.54, 1.807) is 6.07 Å². The molecule has 0 spiro atoms. The first kappa shape index (κ1) is 20.0. The number of hydrogen-bond donors (Lipinski definition) is 3. The highest BCUT2D eigenvalue weighted by molar-refractivity contribution is 6.42. The largest absolute Gasteiger partial charge is 0.444 e. The molecule has 0 radical (unpaired) electrons. The Hall–Kier alpha value is -1.01. The number of halogens is 2. The summed E-state index contributed by atoms with van der Waals surface area (Å²) >= 11 is 11.8. The van der Waals surface area contributed by atoms with Gasteiger partial charge >= 0.3 is 6.09 Å². The maximum atomic E-state index is 11.4. The highest BCUT2D eigenvalue weighted by Gasteiger charge is 2.15. The zero-order valence-corrected chi connectivity index (χ0v) is 15.4. The third-order valence-corrected chi connectivity index (χ3v) is 3.50. The van der Waals surface area contributed by atoms with Gasteiger partial charge < -0.3 is 20.7 Å². The highest BCUT2D eigenvalue weighted by Crippen LogP contribution is 2.22. The smallest absolute Gasteiger partial charge is 0.407 e. The Morgan fingerprint density at radius 3 is 2.52 bits per heavy atom. The molecular formula is C16H25Cl2N3O2. The molecule has 0 saturated heterocycles. The minimum atomic E-state index is -0.461. The Bertz CT molecular complexity index is 505. The molecule has 0 fully saturated rings. The molecule has 3 N–H and O–H groups in total. The van der Waals surface area contributed by atoms with E-state index in [1.807, 2.05) is 32.9 Å². The summed E-state index contributed by atoms with van der Waals surface area (Å²) in [6, 6.07) is 5.57. The number of hydrogen-bond acceptors (Lipinski definition) is 4. The summed E-state index contributed by atoms with van der Waals surface area (Å²) in [5.41, 5.74) is 0.615. The number of ether oxygens (including phenoxy) is 1. The minimum absolute atomic E-state index is 0.379.